The Morgan fingerprint density at radius 3 is 2.47 bits per heavy atom. The van der Waals surface area contributed by atoms with Crippen molar-refractivity contribution in [3.8, 4) is 5.75 Å². The van der Waals surface area contributed by atoms with Crippen LogP contribution in [0.25, 0.3) is 5.76 Å². The maximum atomic E-state index is 13.2. The van der Waals surface area contributed by atoms with Crippen LogP contribution in [-0.2, 0) is 14.3 Å². The first-order valence-electron chi connectivity index (χ1n) is 10.0. The van der Waals surface area contributed by atoms with Crippen molar-refractivity contribution in [1.29, 1.82) is 0 Å². The fourth-order valence-electron chi connectivity index (χ4n) is 3.69. The largest absolute Gasteiger partial charge is 0.507 e. The molecule has 1 aliphatic rings. The highest BCUT2D eigenvalue weighted by atomic mass is 35.5. The summed E-state index contributed by atoms with van der Waals surface area (Å²) in [6.45, 7) is 1.61. The lowest BCUT2D eigenvalue weighted by atomic mass is 9.95. The van der Waals surface area contributed by atoms with Gasteiger partial charge in [-0.15, -0.1) is 0 Å². The molecule has 34 heavy (non-hydrogen) atoms. The van der Waals surface area contributed by atoms with E-state index in [1.54, 1.807) is 55.5 Å². The van der Waals surface area contributed by atoms with Crippen LogP contribution in [-0.4, -0.2) is 42.0 Å². The van der Waals surface area contributed by atoms with E-state index in [0.29, 0.717) is 27.6 Å². The summed E-state index contributed by atoms with van der Waals surface area (Å²) in [7, 11) is 2.76. The van der Waals surface area contributed by atoms with Crippen molar-refractivity contribution in [2.24, 2.45) is 0 Å². The second-order valence-corrected chi connectivity index (χ2v) is 8.77. The number of anilines is 1. The number of amides is 1. The molecule has 4 rings (SSSR count). The van der Waals surface area contributed by atoms with Crippen LogP contribution in [0.1, 0.15) is 32.5 Å². The van der Waals surface area contributed by atoms with Gasteiger partial charge in [0.2, 0.25) is 0 Å². The van der Waals surface area contributed by atoms with Gasteiger partial charge in [-0.1, -0.05) is 35.1 Å². The van der Waals surface area contributed by atoms with Crippen LogP contribution in [0.2, 0.25) is 5.02 Å². The van der Waals surface area contributed by atoms with E-state index in [2.05, 4.69) is 4.98 Å². The standard InChI is InChI=1S/C24H19ClN2O6S/c1-12-21(23(31)33-3)34-24(26-12)27-18(14-5-4-6-15(25)11-14)17(20(29)22(27)30)19(28)13-7-9-16(32-2)10-8-13/h4-11,18,28H,1-3H3. The number of aliphatic hydroxyl groups excluding tert-OH is 1. The monoisotopic (exact) mass is 498 g/mol. The Hall–Kier alpha value is -3.69. The average molecular weight is 499 g/mol. The normalized spacial score (nSPS) is 17.2. The molecule has 1 amide bonds. The van der Waals surface area contributed by atoms with Gasteiger partial charge in [0.1, 0.15) is 16.4 Å². The van der Waals surface area contributed by atoms with Crippen molar-refractivity contribution in [1.82, 2.24) is 4.98 Å². The number of ether oxygens (including phenoxy) is 2. The number of hydrogen-bond donors (Lipinski definition) is 1. The smallest absolute Gasteiger partial charge is 0.350 e. The number of methoxy groups -OCH3 is 2. The number of carbonyl (C=O) groups excluding carboxylic acids is 3. The number of ketones is 1. The van der Waals surface area contributed by atoms with Crippen molar-refractivity contribution in [3.05, 3.63) is 80.8 Å². The molecule has 8 nitrogen and oxygen atoms in total. The third kappa shape index (κ3) is 4.04. The molecular formula is C24H19ClN2O6S. The zero-order chi connectivity index (χ0) is 24.6. The summed E-state index contributed by atoms with van der Waals surface area (Å²) in [5.74, 6) is -2.15. The van der Waals surface area contributed by atoms with E-state index in [4.69, 9.17) is 21.1 Å². The van der Waals surface area contributed by atoms with Gasteiger partial charge in [0, 0.05) is 10.6 Å². The van der Waals surface area contributed by atoms with E-state index in [1.807, 2.05) is 0 Å². The first-order chi connectivity index (χ1) is 16.3. The van der Waals surface area contributed by atoms with Gasteiger partial charge in [-0.3, -0.25) is 14.5 Å². The van der Waals surface area contributed by atoms with Crippen molar-refractivity contribution < 1.29 is 29.0 Å². The summed E-state index contributed by atoms with van der Waals surface area (Å²) >= 11 is 7.13. The molecule has 1 saturated heterocycles. The molecule has 0 spiro atoms. The zero-order valence-corrected chi connectivity index (χ0v) is 19.9. The van der Waals surface area contributed by atoms with E-state index >= 15 is 0 Å². The minimum atomic E-state index is -1.02. The van der Waals surface area contributed by atoms with Crippen molar-refractivity contribution in [3.63, 3.8) is 0 Å². The lowest BCUT2D eigenvalue weighted by Gasteiger charge is -2.23. The molecule has 3 aromatic rings. The molecular weight excluding hydrogens is 480 g/mol. The molecule has 1 atom stereocenters. The number of aromatic nitrogens is 1. The highest BCUT2D eigenvalue weighted by molar-refractivity contribution is 7.17. The lowest BCUT2D eigenvalue weighted by Crippen LogP contribution is -2.29. The summed E-state index contributed by atoms with van der Waals surface area (Å²) in [5.41, 5.74) is 1.06. The fourth-order valence-corrected chi connectivity index (χ4v) is 4.90. The fraction of sp³-hybridized carbons (Fsp3) is 0.167. The van der Waals surface area contributed by atoms with Crippen molar-refractivity contribution >= 4 is 51.5 Å². The SMILES string of the molecule is COC(=O)c1sc(N2C(=O)C(=O)C(=C(O)c3ccc(OC)cc3)C2c2cccc(Cl)c2)nc1C. The first-order valence-corrected chi connectivity index (χ1v) is 11.2. The number of thiazole rings is 1. The van der Waals surface area contributed by atoms with Crippen LogP contribution in [0.15, 0.2) is 54.1 Å². The van der Waals surface area contributed by atoms with Crippen LogP contribution in [0.3, 0.4) is 0 Å². The Kier molecular flexibility index (Phi) is 6.41. The van der Waals surface area contributed by atoms with E-state index < -0.39 is 23.7 Å². The number of hydrogen-bond acceptors (Lipinski definition) is 8. The lowest BCUT2D eigenvalue weighted by molar-refractivity contribution is -0.132. The number of halogens is 1. The van der Waals surface area contributed by atoms with Crippen molar-refractivity contribution in [2.45, 2.75) is 13.0 Å². The van der Waals surface area contributed by atoms with Gasteiger partial charge in [-0.2, -0.15) is 0 Å². The van der Waals surface area contributed by atoms with Gasteiger partial charge in [-0.05, 0) is 48.9 Å². The van der Waals surface area contributed by atoms with Gasteiger partial charge in [0.15, 0.2) is 5.13 Å². The van der Waals surface area contributed by atoms with E-state index in [9.17, 15) is 19.5 Å². The molecule has 2 aromatic carbocycles. The summed E-state index contributed by atoms with van der Waals surface area (Å²) in [6.07, 6.45) is 0. The van der Waals surface area contributed by atoms with E-state index in [0.717, 1.165) is 11.3 Å². The van der Waals surface area contributed by atoms with Gasteiger partial charge in [-0.25, -0.2) is 9.78 Å². The minimum absolute atomic E-state index is 0.120. The maximum absolute atomic E-state index is 13.2. The number of Topliss-reactive ketones (excluding diaryl/α,β-unsaturated/α-hetero) is 1. The molecule has 0 radical (unpaired) electrons. The molecule has 0 saturated carbocycles. The highest BCUT2D eigenvalue weighted by Crippen LogP contribution is 2.44. The number of nitrogens with zero attached hydrogens (tertiary/aromatic N) is 2. The molecule has 0 aliphatic carbocycles. The molecule has 10 heteroatoms. The van der Waals surface area contributed by atoms with Crippen LogP contribution in [0, 0.1) is 6.92 Å². The minimum Gasteiger partial charge on any atom is -0.507 e. The molecule has 1 aliphatic heterocycles. The summed E-state index contributed by atoms with van der Waals surface area (Å²) in [5, 5.41) is 11.6. The number of rotatable bonds is 5. The van der Waals surface area contributed by atoms with Crippen LogP contribution in [0.5, 0.6) is 5.75 Å². The molecule has 0 bridgehead atoms. The quantitative estimate of drug-likeness (QED) is 0.238. The van der Waals surface area contributed by atoms with Gasteiger partial charge in [0.05, 0.1) is 31.5 Å². The molecule has 2 heterocycles. The number of carbonyl (C=O) groups is 3. The van der Waals surface area contributed by atoms with E-state index in [-0.39, 0.29) is 21.3 Å². The number of benzene rings is 2. The number of aryl methyl sites for hydroxylation is 1. The average Bonchev–Trinajstić information content (AvgIpc) is 3.35. The second kappa shape index (κ2) is 9.28. The molecule has 174 valence electrons. The Morgan fingerprint density at radius 2 is 1.85 bits per heavy atom. The Balaban J connectivity index is 1.92. The first kappa shape index (κ1) is 23.5. The van der Waals surface area contributed by atoms with Gasteiger partial charge in [0.25, 0.3) is 5.78 Å². The van der Waals surface area contributed by atoms with E-state index in [1.165, 1.54) is 19.1 Å². The van der Waals surface area contributed by atoms with Gasteiger partial charge < -0.3 is 14.6 Å². The Morgan fingerprint density at radius 1 is 1.15 bits per heavy atom. The Bertz CT molecular complexity index is 1330. The third-order valence-corrected chi connectivity index (χ3v) is 6.71. The number of esters is 1. The van der Waals surface area contributed by atoms with Crippen LogP contribution < -0.4 is 9.64 Å². The summed E-state index contributed by atoms with van der Waals surface area (Å²) in [4.78, 5) is 44.3. The third-order valence-electron chi connectivity index (χ3n) is 5.33. The van der Waals surface area contributed by atoms with Crippen molar-refractivity contribution in [2.75, 3.05) is 19.1 Å². The topological polar surface area (TPSA) is 106 Å². The second-order valence-electron chi connectivity index (χ2n) is 7.36. The number of aliphatic hydroxyl groups is 1. The Labute approximate surface area is 204 Å². The molecule has 1 aromatic heterocycles. The molecule has 1 N–H and O–H groups in total. The maximum Gasteiger partial charge on any atom is 0.350 e. The van der Waals surface area contributed by atoms with Crippen LogP contribution in [0.4, 0.5) is 5.13 Å². The summed E-state index contributed by atoms with van der Waals surface area (Å²) < 4.78 is 9.94. The van der Waals surface area contributed by atoms with Crippen LogP contribution >= 0.6 is 22.9 Å². The van der Waals surface area contributed by atoms with Gasteiger partial charge >= 0.3 is 11.9 Å². The highest BCUT2D eigenvalue weighted by Gasteiger charge is 2.48. The predicted octanol–water partition coefficient (Wildman–Crippen LogP) is 4.53. The summed E-state index contributed by atoms with van der Waals surface area (Å²) in [6, 6.07) is 12.0. The molecule has 1 unspecified atom stereocenters. The predicted molar refractivity (Wildman–Crippen MR) is 127 cm³/mol. The molecule has 1 fully saturated rings. The zero-order valence-electron chi connectivity index (χ0n) is 18.4.